The lowest BCUT2D eigenvalue weighted by molar-refractivity contribution is -0.133. The Morgan fingerprint density at radius 1 is 0.731 bits per heavy atom. The predicted octanol–water partition coefficient (Wildman–Crippen LogP) is 6.88. The van der Waals surface area contributed by atoms with Crippen LogP contribution < -0.4 is 4.74 Å². The maximum absolute atomic E-state index is 11.8. The van der Waals surface area contributed by atoms with Crippen molar-refractivity contribution >= 4 is 5.97 Å². The largest absolute Gasteiger partial charge is 0.425 e. The molecule has 2 heteroatoms. The average Bonchev–Trinajstić information content (AvgIpc) is 3.01. The first-order valence-corrected chi connectivity index (χ1v) is 10.1. The van der Waals surface area contributed by atoms with Crippen LogP contribution in [0.2, 0.25) is 0 Å². The van der Waals surface area contributed by atoms with Crippen LogP contribution in [0.3, 0.4) is 0 Å². The van der Waals surface area contributed by atoms with Crippen molar-refractivity contribution in [2.45, 2.75) is 71.1 Å². The molecule has 0 bridgehead atoms. The molecule has 140 valence electrons. The van der Waals surface area contributed by atoms with Crippen molar-refractivity contribution in [3.8, 4) is 5.75 Å². The lowest BCUT2D eigenvalue weighted by atomic mass is 9.93. The summed E-state index contributed by atoms with van der Waals surface area (Å²) in [5.74, 6) is 0.228. The summed E-state index contributed by atoms with van der Waals surface area (Å²) < 4.78 is 5.23. The number of benzene rings is 2. The molecule has 2 aromatic rings. The lowest BCUT2D eigenvalue weighted by Crippen LogP contribution is -2.11. The van der Waals surface area contributed by atoms with Crippen molar-refractivity contribution in [3.63, 3.8) is 0 Å². The maximum Gasteiger partial charge on any atom is 0.323 e. The number of carbonyl (C=O) groups excluding carboxylic acids is 1. The van der Waals surface area contributed by atoms with E-state index in [4.69, 9.17) is 4.74 Å². The average molecular weight is 353 g/mol. The van der Waals surface area contributed by atoms with Gasteiger partial charge in [0.05, 0.1) is 0 Å². The van der Waals surface area contributed by atoms with E-state index < -0.39 is 0 Å². The second-order valence-corrected chi connectivity index (χ2v) is 6.92. The molecule has 2 nitrogen and oxygen atoms in total. The van der Waals surface area contributed by atoms with Gasteiger partial charge in [0.15, 0.2) is 0 Å². The molecule has 1 atom stereocenters. The summed E-state index contributed by atoms with van der Waals surface area (Å²) in [6.07, 6.45) is 11.5. The number of rotatable bonds is 8. The van der Waals surface area contributed by atoms with Gasteiger partial charge in [-0.3, -0.25) is 4.79 Å². The highest BCUT2D eigenvalue weighted by molar-refractivity contribution is 5.89. The molecule has 0 N–H and O–H groups in total. The zero-order valence-corrected chi connectivity index (χ0v) is 16.2. The van der Waals surface area contributed by atoms with Crippen LogP contribution in [0.1, 0.15) is 82.3 Å². The number of hydrogen-bond donors (Lipinski definition) is 0. The molecule has 0 aliphatic carbocycles. The van der Waals surface area contributed by atoms with E-state index in [1.165, 1.54) is 51.4 Å². The summed E-state index contributed by atoms with van der Waals surface area (Å²) in [6, 6.07) is 17.3. The number of hydrogen-bond acceptors (Lipinski definition) is 2. The van der Waals surface area contributed by atoms with Crippen LogP contribution in [0.15, 0.2) is 54.6 Å². The fourth-order valence-corrected chi connectivity index (χ4v) is 3.27. The van der Waals surface area contributed by atoms with Crippen molar-refractivity contribution in [2.24, 2.45) is 0 Å². The molecule has 0 spiro atoms. The lowest BCUT2D eigenvalue weighted by Gasteiger charge is -2.06. The third-order valence-electron chi connectivity index (χ3n) is 4.77. The van der Waals surface area contributed by atoms with Crippen LogP contribution in [-0.4, -0.2) is 5.97 Å². The Morgan fingerprint density at radius 3 is 1.88 bits per heavy atom. The van der Waals surface area contributed by atoms with E-state index in [9.17, 15) is 4.79 Å². The zero-order chi connectivity index (χ0) is 18.6. The molecule has 0 radical (unpaired) electrons. The Hall–Kier alpha value is -2.09. The summed E-state index contributed by atoms with van der Waals surface area (Å²) in [5.41, 5.74) is 1.94. The molecular weight excluding hydrogens is 320 g/mol. The normalized spacial score (nSPS) is 15.0. The van der Waals surface area contributed by atoms with Crippen molar-refractivity contribution in [1.29, 1.82) is 0 Å². The Balaban J connectivity index is 0.000000213. The van der Waals surface area contributed by atoms with E-state index in [0.29, 0.717) is 5.75 Å². The quantitative estimate of drug-likeness (QED) is 0.294. The van der Waals surface area contributed by atoms with E-state index in [1.807, 2.05) is 54.6 Å². The summed E-state index contributed by atoms with van der Waals surface area (Å²) in [5, 5.41) is 0. The van der Waals surface area contributed by atoms with E-state index >= 15 is 0 Å². The van der Waals surface area contributed by atoms with Crippen LogP contribution in [0, 0.1) is 0 Å². The Morgan fingerprint density at radius 2 is 1.27 bits per heavy atom. The Kier molecular flexibility index (Phi) is 8.95. The first-order valence-electron chi connectivity index (χ1n) is 10.1. The highest BCUT2D eigenvalue weighted by atomic mass is 16.5. The number of ether oxygens (including phenoxy) is 1. The van der Waals surface area contributed by atoms with Gasteiger partial charge in [-0.25, -0.2) is 0 Å². The van der Waals surface area contributed by atoms with Crippen molar-refractivity contribution < 1.29 is 9.53 Å². The number of esters is 1. The fourth-order valence-electron chi connectivity index (χ4n) is 3.27. The first-order chi connectivity index (χ1) is 12.8. The zero-order valence-electron chi connectivity index (χ0n) is 16.2. The van der Waals surface area contributed by atoms with Gasteiger partial charge in [0.25, 0.3) is 0 Å². The molecule has 2 aromatic carbocycles. The van der Waals surface area contributed by atoms with Gasteiger partial charge in [-0.05, 0) is 11.6 Å². The topological polar surface area (TPSA) is 26.3 Å². The third kappa shape index (κ3) is 6.01. The van der Waals surface area contributed by atoms with E-state index in [1.54, 1.807) is 0 Å². The molecule has 0 fully saturated rings. The molecule has 1 aliphatic heterocycles. The van der Waals surface area contributed by atoms with Gasteiger partial charge in [0, 0.05) is 5.56 Å². The Bertz CT molecular complexity index is 640. The van der Waals surface area contributed by atoms with Crippen LogP contribution in [0.5, 0.6) is 5.75 Å². The highest BCUT2D eigenvalue weighted by Gasteiger charge is 2.33. The Labute approximate surface area is 158 Å². The van der Waals surface area contributed by atoms with Crippen LogP contribution >= 0.6 is 0 Å². The standard InChI is InChI=1S/C14H10O2.C10H22/c15-14-13(10-6-2-1-3-7-10)11-8-4-5-9-12(11)16-14;1-3-5-7-9-10-8-6-4-2/h1-9,13H;3-10H2,1-2H3. The maximum atomic E-state index is 11.8. The van der Waals surface area contributed by atoms with E-state index in [2.05, 4.69) is 13.8 Å². The summed E-state index contributed by atoms with van der Waals surface area (Å²) in [7, 11) is 0. The number of para-hydroxylation sites is 1. The molecule has 26 heavy (non-hydrogen) atoms. The van der Waals surface area contributed by atoms with Crippen LogP contribution in [-0.2, 0) is 4.79 Å². The summed E-state index contributed by atoms with van der Waals surface area (Å²) in [6.45, 7) is 4.54. The molecule has 0 saturated carbocycles. The van der Waals surface area contributed by atoms with Gasteiger partial charge in [-0.1, -0.05) is 114 Å². The van der Waals surface area contributed by atoms with Gasteiger partial charge >= 0.3 is 5.97 Å². The minimum Gasteiger partial charge on any atom is -0.425 e. The van der Waals surface area contributed by atoms with Crippen molar-refractivity contribution in [1.82, 2.24) is 0 Å². The molecule has 1 unspecified atom stereocenters. The molecule has 0 amide bonds. The number of fused-ring (bicyclic) bond motifs is 1. The second-order valence-electron chi connectivity index (χ2n) is 6.92. The van der Waals surface area contributed by atoms with Gasteiger partial charge < -0.3 is 4.74 Å². The van der Waals surface area contributed by atoms with Gasteiger partial charge in [0.1, 0.15) is 11.7 Å². The third-order valence-corrected chi connectivity index (χ3v) is 4.77. The molecule has 0 aromatic heterocycles. The van der Waals surface area contributed by atoms with Crippen LogP contribution in [0.4, 0.5) is 0 Å². The van der Waals surface area contributed by atoms with E-state index in [-0.39, 0.29) is 11.9 Å². The van der Waals surface area contributed by atoms with Gasteiger partial charge in [0.2, 0.25) is 0 Å². The number of carbonyl (C=O) groups is 1. The minimum atomic E-state index is -0.266. The monoisotopic (exact) mass is 352 g/mol. The first kappa shape index (κ1) is 20.2. The smallest absolute Gasteiger partial charge is 0.323 e. The van der Waals surface area contributed by atoms with Crippen LogP contribution in [0.25, 0.3) is 0 Å². The van der Waals surface area contributed by atoms with Gasteiger partial charge in [-0.15, -0.1) is 0 Å². The molecule has 0 saturated heterocycles. The SMILES string of the molecule is CCCCCCCCCC.O=C1Oc2ccccc2C1c1ccccc1. The highest BCUT2D eigenvalue weighted by Crippen LogP contribution is 2.38. The van der Waals surface area contributed by atoms with E-state index in [0.717, 1.165) is 11.1 Å². The van der Waals surface area contributed by atoms with Gasteiger partial charge in [-0.2, -0.15) is 0 Å². The predicted molar refractivity (Wildman–Crippen MR) is 109 cm³/mol. The minimum absolute atomic E-state index is 0.188. The summed E-state index contributed by atoms with van der Waals surface area (Å²) >= 11 is 0. The second kappa shape index (κ2) is 11.5. The fraction of sp³-hybridized carbons (Fsp3) is 0.458. The van der Waals surface area contributed by atoms with Crippen molar-refractivity contribution in [3.05, 3.63) is 65.7 Å². The molecule has 1 heterocycles. The van der Waals surface area contributed by atoms with Crippen molar-refractivity contribution in [2.75, 3.05) is 0 Å². The molecule has 3 rings (SSSR count). The molecule has 1 aliphatic rings. The molecular formula is C24H32O2. The number of unbranched alkanes of at least 4 members (excludes halogenated alkanes) is 7. The summed E-state index contributed by atoms with van der Waals surface area (Å²) in [4.78, 5) is 11.8.